The molecule has 35 heavy (non-hydrogen) atoms. The molecule has 0 bridgehead atoms. The summed E-state index contributed by atoms with van der Waals surface area (Å²) in [6.45, 7) is 1.99. The van der Waals surface area contributed by atoms with E-state index in [9.17, 15) is 4.79 Å². The van der Waals surface area contributed by atoms with Crippen LogP contribution in [0.25, 0.3) is 22.2 Å². The van der Waals surface area contributed by atoms with Gasteiger partial charge in [0, 0.05) is 25.5 Å². The summed E-state index contributed by atoms with van der Waals surface area (Å²) in [6, 6.07) is 23.0. The Morgan fingerprint density at radius 1 is 0.971 bits per heavy atom. The highest BCUT2D eigenvalue weighted by atomic mass is 16.1. The summed E-state index contributed by atoms with van der Waals surface area (Å²) < 4.78 is 1.47. The number of para-hydroxylation sites is 2. The molecular formula is C27H25N7O. The van der Waals surface area contributed by atoms with Gasteiger partial charge in [0.05, 0.1) is 17.2 Å². The second-order valence-electron chi connectivity index (χ2n) is 8.51. The maximum absolute atomic E-state index is 13.3. The molecule has 3 aromatic carbocycles. The molecule has 0 saturated heterocycles. The van der Waals surface area contributed by atoms with Gasteiger partial charge in [0.15, 0.2) is 5.65 Å². The van der Waals surface area contributed by atoms with E-state index in [0.29, 0.717) is 27.9 Å². The Kier molecular flexibility index (Phi) is 5.62. The third-order valence-electron chi connectivity index (χ3n) is 5.74. The Labute approximate surface area is 202 Å². The lowest BCUT2D eigenvalue weighted by Crippen LogP contribution is -2.14. The van der Waals surface area contributed by atoms with Crippen LogP contribution in [0.4, 0.5) is 17.2 Å². The van der Waals surface area contributed by atoms with Crippen LogP contribution >= 0.6 is 0 Å². The van der Waals surface area contributed by atoms with Crippen LogP contribution in [0.5, 0.6) is 0 Å². The highest BCUT2D eigenvalue weighted by molar-refractivity contribution is 6.16. The molecule has 1 amide bonds. The van der Waals surface area contributed by atoms with Crippen molar-refractivity contribution in [3.63, 3.8) is 0 Å². The number of amides is 1. The van der Waals surface area contributed by atoms with Gasteiger partial charge < -0.3 is 16.0 Å². The van der Waals surface area contributed by atoms with Gasteiger partial charge in [-0.15, -0.1) is 0 Å². The summed E-state index contributed by atoms with van der Waals surface area (Å²) in [5, 5.41) is 7.49. The zero-order valence-electron chi connectivity index (χ0n) is 19.7. The number of nitrogens with two attached hydrogens (primary N) is 1. The van der Waals surface area contributed by atoms with Crippen LogP contribution in [-0.4, -0.2) is 40.9 Å². The van der Waals surface area contributed by atoms with E-state index in [4.69, 9.17) is 15.7 Å². The van der Waals surface area contributed by atoms with Crippen LogP contribution in [0.1, 0.15) is 21.5 Å². The van der Waals surface area contributed by atoms with Crippen LogP contribution in [0.15, 0.2) is 77.9 Å². The van der Waals surface area contributed by atoms with Gasteiger partial charge in [-0.05, 0) is 48.9 Å². The molecule has 0 saturated carbocycles. The second kappa shape index (κ2) is 8.90. The molecule has 0 spiro atoms. The maximum Gasteiger partial charge on any atom is 0.261 e. The average Bonchev–Trinajstić information content (AvgIpc) is 3.13. The van der Waals surface area contributed by atoms with E-state index in [-0.39, 0.29) is 17.3 Å². The Morgan fingerprint density at radius 2 is 1.63 bits per heavy atom. The molecule has 0 radical (unpaired) electrons. The van der Waals surface area contributed by atoms with E-state index in [2.05, 4.69) is 10.4 Å². The summed E-state index contributed by atoms with van der Waals surface area (Å²) in [6.07, 6.45) is 1.69. The Morgan fingerprint density at radius 3 is 2.29 bits per heavy atom. The van der Waals surface area contributed by atoms with Gasteiger partial charge in [-0.2, -0.15) is 9.78 Å². The van der Waals surface area contributed by atoms with Gasteiger partial charge in [-0.3, -0.25) is 4.79 Å². The number of nitrogens with one attached hydrogen (secondary N) is 1. The summed E-state index contributed by atoms with van der Waals surface area (Å²) in [5.74, 6) is -0.203. The van der Waals surface area contributed by atoms with Gasteiger partial charge in [0.2, 0.25) is 0 Å². The van der Waals surface area contributed by atoms with E-state index < -0.39 is 0 Å². The van der Waals surface area contributed by atoms with Crippen molar-refractivity contribution < 1.29 is 4.79 Å². The highest BCUT2D eigenvalue weighted by Crippen LogP contribution is 2.28. The molecule has 5 aromatic rings. The average molecular weight is 464 g/mol. The number of aromatic nitrogens is 3. The minimum atomic E-state index is -0.370. The van der Waals surface area contributed by atoms with Gasteiger partial charge in [0.25, 0.3) is 5.91 Å². The van der Waals surface area contributed by atoms with Gasteiger partial charge in [-0.25, -0.2) is 9.97 Å². The largest absolute Gasteiger partial charge is 0.383 e. The molecule has 0 aliphatic carbocycles. The SMILES string of the molecule is Cc1ccc(NC(=O)c2c(N)n(N=Cc3ccc(N(C)C)cc3)c3nc4ccccc4nc23)cc1. The van der Waals surface area contributed by atoms with Crippen molar-refractivity contribution >= 4 is 51.5 Å². The first-order chi connectivity index (χ1) is 16.9. The van der Waals surface area contributed by atoms with Crippen molar-refractivity contribution in [2.75, 3.05) is 30.0 Å². The molecule has 2 heterocycles. The van der Waals surface area contributed by atoms with Crippen LogP contribution in [0, 0.1) is 6.92 Å². The number of carbonyl (C=O) groups excluding carboxylic acids is 1. The van der Waals surface area contributed by atoms with Crippen molar-refractivity contribution in [3.8, 4) is 0 Å². The Hall–Kier alpha value is -4.72. The van der Waals surface area contributed by atoms with Crippen molar-refractivity contribution in [3.05, 3.63) is 89.5 Å². The van der Waals surface area contributed by atoms with E-state index >= 15 is 0 Å². The van der Waals surface area contributed by atoms with E-state index in [1.807, 2.05) is 98.7 Å². The molecule has 0 fully saturated rings. The molecular weight excluding hydrogens is 438 g/mol. The Bertz CT molecular complexity index is 1570. The standard InChI is InChI=1S/C27H25N7O/c1-17-8-12-19(13-9-17)30-27(35)23-24-26(32-22-7-5-4-6-21(22)31-24)34(25(23)28)29-16-18-10-14-20(15-11-18)33(2)3/h4-16H,28H2,1-3H3,(H,30,35). The Balaban J connectivity index is 1.61. The maximum atomic E-state index is 13.3. The van der Waals surface area contributed by atoms with Gasteiger partial charge >= 0.3 is 0 Å². The first kappa shape index (κ1) is 22.1. The minimum Gasteiger partial charge on any atom is -0.383 e. The number of nitrogens with zero attached hydrogens (tertiary/aromatic N) is 5. The van der Waals surface area contributed by atoms with Crippen LogP contribution < -0.4 is 16.0 Å². The molecule has 5 rings (SSSR count). The number of carbonyl (C=O) groups is 1. The topological polar surface area (TPSA) is 101 Å². The fraction of sp³-hybridized carbons (Fsp3) is 0.111. The number of hydrogen-bond acceptors (Lipinski definition) is 6. The van der Waals surface area contributed by atoms with Gasteiger partial charge in [0.1, 0.15) is 16.9 Å². The first-order valence-corrected chi connectivity index (χ1v) is 11.2. The predicted octanol–water partition coefficient (Wildman–Crippen LogP) is 4.68. The number of fused-ring (bicyclic) bond motifs is 2. The summed E-state index contributed by atoms with van der Waals surface area (Å²) in [4.78, 5) is 24.8. The molecule has 0 aliphatic heterocycles. The van der Waals surface area contributed by atoms with Crippen molar-refractivity contribution in [2.45, 2.75) is 6.92 Å². The number of hydrogen-bond donors (Lipinski definition) is 2. The smallest absolute Gasteiger partial charge is 0.261 e. The normalized spacial score (nSPS) is 11.4. The molecule has 8 heteroatoms. The lowest BCUT2D eigenvalue weighted by Gasteiger charge is -2.11. The summed E-state index contributed by atoms with van der Waals surface area (Å²) >= 11 is 0. The van der Waals surface area contributed by atoms with E-state index in [0.717, 1.165) is 16.8 Å². The number of aryl methyl sites for hydroxylation is 1. The summed E-state index contributed by atoms with van der Waals surface area (Å²) in [5.41, 5.74) is 12.6. The predicted molar refractivity (Wildman–Crippen MR) is 142 cm³/mol. The number of benzene rings is 3. The molecule has 0 atom stereocenters. The zero-order chi connectivity index (χ0) is 24.5. The van der Waals surface area contributed by atoms with Crippen molar-refractivity contribution in [2.24, 2.45) is 5.10 Å². The minimum absolute atomic E-state index is 0.168. The van der Waals surface area contributed by atoms with Crippen molar-refractivity contribution in [1.29, 1.82) is 0 Å². The molecule has 2 aromatic heterocycles. The number of anilines is 3. The summed E-state index contributed by atoms with van der Waals surface area (Å²) in [7, 11) is 3.98. The third-order valence-corrected chi connectivity index (χ3v) is 5.74. The van der Waals surface area contributed by atoms with Gasteiger partial charge in [-0.1, -0.05) is 42.0 Å². The second-order valence-corrected chi connectivity index (χ2v) is 8.51. The van der Waals surface area contributed by atoms with Crippen molar-refractivity contribution in [1.82, 2.24) is 14.6 Å². The number of rotatable bonds is 5. The molecule has 8 nitrogen and oxygen atoms in total. The fourth-order valence-electron chi connectivity index (χ4n) is 3.80. The highest BCUT2D eigenvalue weighted by Gasteiger charge is 2.24. The zero-order valence-corrected chi connectivity index (χ0v) is 19.7. The third kappa shape index (κ3) is 4.29. The molecule has 3 N–H and O–H groups in total. The van der Waals surface area contributed by atoms with Crippen LogP contribution in [-0.2, 0) is 0 Å². The molecule has 174 valence electrons. The lowest BCUT2D eigenvalue weighted by atomic mass is 10.2. The van der Waals surface area contributed by atoms with Crippen LogP contribution in [0.2, 0.25) is 0 Å². The lowest BCUT2D eigenvalue weighted by molar-refractivity contribution is 0.102. The quantitative estimate of drug-likeness (QED) is 0.369. The fourth-order valence-corrected chi connectivity index (χ4v) is 3.80. The molecule has 0 aliphatic rings. The van der Waals surface area contributed by atoms with E-state index in [1.165, 1.54) is 4.68 Å². The first-order valence-electron chi connectivity index (χ1n) is 11.2. The molecule has 0 unspecified atom stereocenters. The monoisotopic (exact) mass is 463 g/mol. The number of nitrogen functional groups attached to an aromatic ring is 1. The van der Waals surface area contributed by atoms with E-state index in [1.54, 1.807) is 6.21 Å². The van der Waals surface area contributed by atoms with Crippen LogP contribution in [0.3, 0.4) is 0 Å².